The van der Waals surface area contributed by atoms with E-state index >= 15 is 0 Å². The molecule has 0 spiro atoms. The molecule has 1 unspecified atom stereocenters. The lowest BCUT2D eigenvalue weighted by Crippen LogP contribution is -2.31. The van der Waals surface area contributed by atoms with Crippen LogP contribution in [0.2, 0.25) is 0 Å². The van der Waals surface area contributed by atoms with Crippen LogP contribution in [-0.2, 0) is 9.53 Å². The van der Waals surface area contributed by atoms with Gasteiger partial charge in [-0.25, -0.2) is 9.18 Å². The topological polar surface area (TPSA) is 99.0 Å². The number of carbonyl (C=O) groups excluding carboxylic acids is 2. The fraction of sp³-hybridized carbons (Fsp3) is 0.105. The van der Waals surface area contributed by atoms with Gasteiger partial charge in [-0.1, -0.05) is 47.6 Å². The summed E-state index contributed by atoms with van der Waals surface area (Å²) >= 11 is 0. The summed E-state index contributed by atoms with van der Waals surface area (Å²) in [5.41, 5.74) is 0.953. The van der Waals surface area contributed by atoms with E-state index in [1.807, 2.05) is 0 Å². The maximum atomic E-state index is 13.4. The Hall–Kier alpha value is -3.88. The zero-order valence-electron chi connectivity index (χ0n) is 14.7. The van der Waals surface area contributed by atoms with Crippen LogP contribution in [0, 0.1) is 5.82 Å². The summed E-state index contributed by atoms with van der Waals surface area (Å²) in [4.78, 5) is 25.9. The number of nitrogens with one attached hydrogen (secondary N) is 1. The minimum Gasteiger partial charge on any atom is -0.464 e. The van der Waals surface area contributed by atoms with Gasteiger partial charge < -0.3 is 10.1 Å². The number of aromatic nitrogens is 4. The number of halogens is 1. The summed E-state index contributed by atoms with van der Waals surface area (Å²) < 4.78 is 19.4. The molecule has 2 aromatic carbocycles. The third kappa shape index (κ3) is 2.92. The van der Waals surface area contributed by atoms with E-state index in [1.165, 1.54) is 31.4 Å². The maximum Gasteiger partial charge on any atom is 0.357 e. The van der Waals surface area contributed by atoms with Crippen molar-refractivity contribution >= 4 is 23.4 Å². The van der Waals surface area contributed by atoms with Crippen molar-refractivity contribution in [1.82, 2.24) is 20.2 Å². The molecule has 0 fully saturated rings. The van der Waals surface area contributed by atoms with Crippen LogP contribution < -0.4 is 5.32 Å². The lowest BCUT2D eigenvalue weighted by molar-refractivity contribution is -0.134. The van der Waals surface area contributed by atoms with Crippen LogP contribution in [0.1, 0.15) is 22.0 Å². The molecule has 9 heteroatoms. The predicted octanol–water partition coefficient (Wildman–Crippen LogP) is 2.25. The zero-order chi connectivity index (χ0) is 19.7. The standard InChI is InChI=1S/C19H14FN5O3/c1-28-18(27)16-14(17(26)12-5-3-2-4-6-12)15(11-7-9-13(20)10-8-11)21-19-22-23-24-25(16)19/h2-10,15H,1H3,(H,21,22,24). The molecule has 0 bridgehead atoms. The number of tetrazole rings is 1. The first kappa shape index (κ1) is 17.5. The Labute approximate surface area is 158 Å². The second-order valence-corrected chi connectivity index (χ2v) is 5.99. The van der Waals surface area contributed by atoms with Gasteiger partial charge in [0, 0.05) is 5.56 Å². The van der Waals surface area contributed by atoms with Crippen molar-refractivity contribution < 1.29 is 18.7 Å². The number of ketones is 1. The van der Waals surface area contributed by atoms with Crippen molar-refractivity contribution in [3.63, 3.8) is 0 Å². The number of anilines is 1. The fourth-order valence-corrected chi connectivity index (χ4v) is 3.06. The van der Waals surface area contributed by atoms with Crippen LogP contribution in [0.3, 0.4) is 0 Å². The van der Waals surface area contributed by atoms with Crippen molar-refractivity contribution in [2.24, 2.45) is 0 Å². The summed E-state index contributed by atoms with van der Waals surface area (Å²) in [6.07, 6.45) is 0. The van der Waals surface area contributed by atoms with Gasteiger partial charge in [-0.2, -0.15) is 4.68 Å². The molecule has 1 aromatic heterocycles. The number of benzene rings is 2. The minimum atomic E-state index is -0.777. The molecular formula is C19H14FN5O3. The fourth-order valence-electron chi connectivity index (χ4n) is 3.06. The Balaban J connectivity index is 1.96. The Morgan fingerprint density at radius 1 is 1.11 bits per heavy atom. The first-order valence-electron chi connectivity index (χ1n) is 8.33. The highest BCUT2D eigenvalue weighted by Gasteiger charge is 2.38. The van der Waals surface area contributed by atoms with Gasteiger partial charge in [0.25, 0.3) is 0 Å². The van der Waals surface area contributed by atoms with Gasteiger partial charge in [0.1, 0.15) is 5.82 Å². The number of carbonyl (C=O) groups is 2. The third-order valence-electron chi connectivity index (χ3n) is 4.36. The van der Waals surface area contributed by atoms with Crippen molar-refractivity contribution in [2.75, 3.05) is 12.4 Å². The molecule has 1 N–H and O–H groups in total. The first-order chi connectivity index (χ1) is 13.6. The normalized spacial score (nSPS) is 15.6. The van der Waals surface area contributed by atoms with E-state index in [9.17, 15) is 14.0 Å². The molecule has 0 saturated heterocycles. The number of Topliss-reactive ketones (excluding diaryl/α,β-unsaturated/α-hetero) is 1. The molecule has 0 radical (unpaired) electrons. The van der Waals surface area contributed by atoms with E-state index in [2.05, 4.69) is 20.8 Å². The second kappa shape index (κ2) is 7.03. The number of fused-ring (bicyclic) bond motifs is 1. The predicted molar refractivity (Wildman–Crippen MR) is 96.6 cm³/mol. The minimum absolute atomic E-state index is 0.0931. The molecule has 140 valence electrons. The van der Waals surface area contributed by atoms with E-state index in [0.717, 1.165) is 4.68 Å². The smallest absolute Gasteiger partial charge is 0.357 e. The molecule has 0 amide bonds. The molecule has 3 aromatic rings. The first-order valence-corrected chi connectivity index (χ1v) is 8.33. The third-order valence-corrected chi connectivity index (χ3v) is 4.36. The van der Waals surface area contributed by atoms with E-state index in [-0.39, 0.29) is 17.2 Å². The Kier molecular flexibility index (Phi) is 4.40. The monoisotopic (exact) mass is 379 g/mol. The summed E-state index contributed by atoms with van der Waals surface area (Å²) in [7, 11) is 1.21. The van der Waals surface area contributed by atoms with E-state index in [0.29, 0.717) is 11.1 Å². The van der Waals surface area contributed by atoms with Gasteiger partial charge in [0.2, 0.25) is 5.95 Å². The molecule has 2 heterocycles. The van der Waals surface area contributed by atoms with Crippen molar-refractivity contribution in [1.29, 1.82) is 0 Å². The average molecular weight is 379 g/mol. The Bertz CT molecular complexity index is 1080. The number of hydrogen-bond acceptors (Lipinski definition) is 7. The van der Waals surface area contributed by atoms with Gasteiger partial charge in [-0.05, 0) is 28.1 Å². The Morgan fingerprint density at radius 3 is 2.50 bits per heavy atom. The van der Waals surface area contributed by atoms with Crippen LogP contribution in [0.4, 0.5) is 10.3 Å². The quantitative estimate of drug-likeness (QED) is 0.548. The molecule has 8 nitrogen and oxygen atoms in total. The van der Waals surface area contributed by atoms with Gasteiger partial charge in [0.05, 0.1) is 18.7 Å². The highest BCUT2D eigenvalue weighted by Crippen LogP contribution is 2.36. The lowest BCUT2D eigenvalue weighted by atomic mass is 9.89. The van der Waals surface area contributed by atoms with Gasteiger partial charge >= 0.3 is 5.97 Å². The number of nitrogens with zero attached hydrogens (tertiary/aromatic N) is 4. The molecule has 0 saturated carbocycles. The lowest BCUT2D eigenvalue weighted by Gasteiger charge is -2.28. The molecule has 0 aliphatic carbocycles. The number of hydrogen-bond donors (Lipinski definition) is 1. The summed E-state index contributed by atoms with van der Waals surface area (Å²) in [6, 6.07) is 13.3. The molecule has 4 rings (SSSR count). The van der Waals surface area contributed by atoms with Crippen LogP contribution in [-0.4, -0.2) is 39.1 Å². The summed E-state index contributed by atoms with van der Waals surface area (Å²) in [6.45, 7) is 0. The molecule has 28 heavy (non-hydrogen) atoms. The average Bonchev–Trinajstić information content (AvgIpc) is 3.21. The zero-order valence-corrected chi connectivity index (χ0v) is 14.7. The number of methoxy groups -OCH3 is 1. The van der Waals surface area contributed by atoms with Crippen LogP contribution >= 0.6 is 0 Å². The largest absolute Gasteiger partial charge is 0.464 e. The second-order valence-electron chi connectivity index (χ2n) is 5.99. The molecule has 1 aliphatic rings. The van der Waals surface area contributed by atoms with Crippen LogP contribution in [0.25, 0.3) is 5.70 Å². The molecule has 1 aliphatic heterocycles. The number of ether oxygens (including phenoxy) is 1. The van der Waals surface area contributed by atoms with Gasteiger partial charge in [0.15, 0.2) is 11.5 Å². The maximum absolute atomic E-state index is 13.4. The van der Waals surface area contributed by atoms with Gasteiger partial charge in [-0.3, -0.25) is 4.79 Å². The molecular weight excluding hydrogens is 365 g/mol. The summed E-state index contributed by atoms with van der Waals surface area (Å²) in [5, 5.41) is 14.3. The van der Waals surface area contributed by atoms with E-state index in [4.69, 9.17) is 4.74 Å². The van der Waals surface area contributed by atoms with Crippen molar-refractivity contribution in [3.8, 4) is 0 Å². The van der Waals surface area contributed by atoms with Crippen LogP contribution in [0.15, 0.2) is 60.2 Å². The van der Waals surface area contributed by atoms with Gasteiger partial charge in [-0.15, -0.1) is 0 Å². The summed E-state index contributed by atoms with van der Waals surface area (Å²) in [5.74, 6) is -1.41. The SMILES string of the molecule is COC(=O)C1=C(C(=O)c2ccccc2)C(c2ccc(F)cc2)Nc2nnnn21. The van der Waals surface area contributed by atoms with Crippen molar-refractivity contribution in [3.05, 3.63) is 77.1 Å². The number of rotatable bonds is 4. The highest BCUT2D eigenvalue weighted by molar-refractivity contribution is 6.24. The Morgan fingerprint density at radius 2 is 1.82 bits per heavy atom. The van der Waals surface area contributed by atoms with Crippen molar-refractivity contribution in [2.45, 2.75) is 6.04 Å². The highest BCUT2D eigenvalue weighted by atomic mass is 19.1. The van der Waals surface area contributed by atoms with E-state index < -0.39 is 23.6 Å². The number of esters is 1. The molecule has 1 atom stereocenters. The van der Waals surface area contributed by atoms with Crippen LogP contribution in [0.5, 0.6) is 0 Å². The van der Waals surface area contributed by atoms with E-state index in [1.54, 1.807) is 30.3 Å².